The van der Waals surface area contributed by atoms with E-state index in [0.29, 0.717) is 6.42 Å². The second-order valence-corrected chi connectivity index (χ2v) is 5.04. The first kappa shape index (κ1) is 14.8. The van der Waals surface area contributed by atoms with Crippen LogP contribution in [0.1, 0.15) is 33.6 Å². The van der Waals surface area contributed by atoms with Crippen LogP contribution in [0.3, 0.4) is 0 Å². The van der Waals surface area contributed by atoms with Crippen molar-refractivity contribution in [3.8, 4) is 0 Å². The van der Waals surface area contributed by atoms with Crippen molar-refractivity contribution in [3.05, 3.63) is 24.9 Å². The van der Waals surface area contributed by atoms with Crippen LogP contribution in [0.2, 0.25) is 0 Å². The molecule has 0 aromatic carbocycles. The highest BCUT2D eigenvalue weighted by atomic mass is 16.1. The van der Waals surface area contributed by atoms with Crippen molar-refractivity contribution in [1.82, 2.24) is 10.2 Å². The first-order valence-electron chi connectivity index (χ1n) is 5.57. The molecule has 1 N–H and O–H groups in total. The zero-order valence-corrected chi connectivity index (χ0v) is 11.0. The zero-order chi connectivity index (χ0) is 12.8. The molecule has 0 aromatic rings. The van der Waals surface area contributed by atoms with E-state index in [-0.39, 0.29) is 11.4 Å². The van der Waals surface area contributed by atoms with Gasteiger partial charge in [0, 0.05) is 24.8 Å². The quantitative estimate of drug-likeness (QED) is 0.702. The molecule has 0 radical (unpaired) electrons. The maximum Gasteiger partial charge on any atom is 0.226 e. The second-order valence-electron chi connectivity index (χ2n) is 5.04. The molecule has 0 heterocycles. The van der Waals surface area contributed by atoms with Crippen LogP contribution in [0, 0.1) is 0 Å². The number of nitrogens with one attached hydrogen (secondary N) is 1. The summed E-state index contributed by atoms with van der Waals surface area (Å²) >= 11 is 0. The average Bonchev–Trinajstić information content (AvgIpc) is 2.10. The van der Waals surface area contributed by atoms with Gasteiger partial charge in [0.25, 0.3) is 0 Å². The SMILES string of the molecule is C=CCCN(C)C(=C)CC(=O)NC(C)(C)C. The molecule has 0 saturated heterocycles. The number of hydrogen-bond donors (Lipinski definition) is 1. The first-order chi connectivity index (χ1) is 7.26. The lowest BCUT2D eigenvalue weighted by Crippen LogP contribution is -2.41. The summed E-state index contributed by atoms with van der Waals surface area (Å²) in [5.74, 6) is 0.0166. The number of hydrogen-bond acceptors (Lipinski definition) is 2. The van der Waals surface area contributed by atoms with Gasteiger partial charge in [0.15, 0.2) is 0 Å². The lowest BCUT2D eigenvalue weighted by Gasteiger charge is -2.24. The van der Waals surface area contributed by atoms with Crippen molar-refractivity contribution >= 4 is 5.91 Å². The van der Waals surface area contributed by atoms with Crippen LogP contribution in [-0.4, -0.2) is 29.9 Å². The van der Waals surface area contributed by atoms with E-state index in [1.807, 2.05) is 38.8 Å². The summed E-state index contributed by atoms with van der Waals surface area (Å²) in [6.07, 6.45) is 3.11. The summed E-state index contributed by atoms with van der Waals surface area (Å²) in [6, 6.07) is 0. The molecule has 0 unspecified atom stereocenters. The van der Waals surface area contributed by atoms with Gasteiger partial charge in [-0.05, 0) is 27.2 Å². The van der Waals surface area contributed by atoms with Crippen molar-refractivity contribution in [3.63, 3.8) is 0 Å². The van der Waals surface area contributed by atoms with Gasteiger partial charge in [-0.15, -0.1) is 6.58 Å². The fraction of sp³-hybridized carbons (Fsp3) is 0.615. The van der Waals surface area contributed by atoms with Crippen LogP contribution < -0.4 is 5.32 Å². The van der Waals surface area contributed by atoms with Gasteiger partial charge in [0.2, 0.25) is 5.91 Å². The molecular weight excluding hydrogens is 200 g/mol. The predicted molar refractivity (Wildman–Crippen MR) is 69.1 cm³/mol. The number of nitrogens with zero attached hydrogens (tertiary/aromatic N) is 1. The van der Waals surface area contributed by atoms with E-state index in [1.165, 1.54) is 0 Å². The molecule has 3 nitrogen and oxygen atoms in total. The number of rotatable bonds is 6. The minimum atomic E-state index is -0.183. The van der Waals surface area contributed by atoms with Crippen LogP contribution in [0.5, 0.6) is 0 Å². The molecule has 92 valence electrons. The van der Waals surface area contributed by atoms with Crippen molar-refractivity contribution in [2.75, 3.05) is 13.6 Å². The smallest absolute Gasteiger partial charge is 0.226 e. The van der Waals surface area contributed by atoms with Gasteiger partial charge in [-0.25, -0.2) is 0 Å². The van der Waals surface area contributed by atoms with Crippen LogP contribution in [0.25, 0.3) is 0 Å². The van der Waals surface area contributed by atoms with Gasteiger partial charge < -0.3 is 10.2 Å². The number of carbonyl (C=O) groups is 1. The Morgan fingerprint density at radius 2 is 2.00 bits per heavy atom. The molecule has 0 atom stereocenters. The third-order valence-corrected chi connectivity index (χ3v) is 2.09. The Balaban J connectivity index is 4.04. The first-order valence-corrected chi connectivity index (χ1v) is 5.57. The summed E-state index contributed by atoms with van der Waals surface area (Å²) in [6.45, 7) is 14.3. The van der Waals surface area contributed by atoms with Crippen LogP contribution in [0.4, 0.5) is 0 Å². The monoisotopic (exact) mass is 224 g/mol. The standard InChI is InChI=1S/C13H24N2O/c1-7-8-9-15(6)11(2)10-12(16)14-13(3,4)5/h7H,1-2,8-10H2,3-6H3,(H,14,16). The van der Waals surface area contributed by atoms with Gasteiger partial charge in [-0.3, -0.25) is 4.79 Å². The third kappa shape index (κ3) is 7.10. The van der Waals surface area contributed by atoms with E-state index in [0.717, 1.165) is 18.7 Å². The third-order valence-electron chi connectivity index (χ3n) is 2.09. The highest BCUT2D eigenvalue weighted by Gasteiger charge is 2.15. The Bertz CT molecular complexity index is 264. The van der Waals surface area contributed by atoms with E-state index in [2.05, 4.69) is 18.5 Å². The van der Waals surface area contributed by atoms with E-state index < -0.39 is 0 Å². The molecule has 3 heteroatoms. The van der Waals surface area contributed by atoms with Crippen molar-refractivity contribution in [1.29, 1.82) is 0 Å². The molecule has 0 aromatic heterocycles. The summed E-state index contributed by atoms with van der Waals surface area (Å²) < 4.78 is 0. The largest absolute Gasteiger partial charge is 0.378 e. The minimum Gasteiger partial charge on any atom is -0.378 e. The van der Waals surface area contributed by atoms with Crippen LogP contribution >= 0.6 is 0 Å². The fourth-order valence-corrected chi connectivity index (χ4v) is 1.23. The molecule has 0 rings (SSSR count). The van der Waals surface area contributed by atoms with Crippen molar-refractivity contribution in [2.24, 2.45) is 0 Å². The maximum absolute atomic E-state index is 11.6. The normalized spacial score (nSPS) is 10.8. The Morgan fingerprint density at radius 1 is 1.44 bits per heavy atom. The summed E-state index contributed by atoms with van der Waals surface area (Å²) in [5.41, 5.74) is 0.653. The Labute approximate surface area is 99.2 Å². The molecule has 0 spiro atoms. The van der Waals surface area contributed by atoms with Gasteiger partial charge in [-0.1, -0.05) is 12.7 Å². The van der Waals surface area contributed by atoms with Gasteiger partial charge in [0.1, 0.15) is 0 Å². The van der Waals surface area contributed by atoms with Crippen molar-refractivity contribution in [2.45, 2.75) is 39.2 Å². The summed E-state index contributed by atoms with van der Waals surface area (Å²) in [7, 11) is 1.94. The lowest BCUT2D eigenvalue weighted by atomic mass is 10.1. The average molecular weight is 224 g/mol. The van der Waals surface area contributed by atoms with E-state index >= 15 is 0 Å². The molecule has 0 fully saturated rings. The molecule has 0 aliphatic carbocycles. The van der Waals surface area contributed by atoms with Gasteiger partial charge in [0.05, 0.1) is 6.42 Å². The van der Waals surface area contributed by atoms with E-state index in [4.69, 9.17) is 0 Å². The van der Waals surface area contributed by atoms with Gasteiger partial charge >= 0.3 is 0 Å². The molecule has 16 heavy (non-hydrogen) atoms. The Hall–Kier alpha value is -1.25. The highest BCUT2D eigenvalue weighted by Crippen LogP contribution is 2.07. The molecule has 0 aliphatic rings. The van der Waals surface area contributed by atoms with E-state index in [1.54, 1.807) is 0 Å². The van der Waals surface area contributed by atoms with Crippen molar-refractivity contribution < 1.29 is 4.79 Å². The van der Waals surface area contributed by atoms with Gasteiger partial charge in [-0.2, -0.15) is 0 Å². The van der Waals surface area contributed by atoms with E-state index in [9.17, 15) is 4.79 Å². The number of carbonyl (C=O) groups excluding carboxylic acids is 1. The Kier molecular flexibility index (Phi) is 5.86. The predicted octanol–water partition coefficient (Wildman–Crippen LogP) is 2.31. The van der Waals surface area contributed by atoms with Crippen LogP contribution in [-0.2, 0) is 4.79 Å². The fourth-order valence-electron chi connectivity index (χ4n) is 1.23. The topological polar surface area (TPSA) is 32.3 Å². The molecule has 0 aliphatic heterocycles. The highest BCUT2D eigenvalue weighted by molar-refractivity contribution is 5.78. The summed E-state index contributed by atoms with van der Waals surface area (Å²) in [4.78, 5) is 13.6. The maximum atomic E-state index is 11.6. The minimum absolute atomic E-state index is 0.0166. The zero-order valence-electron chi connectivity index (χ0n) is 11.0. The molecular formula is C13H24N2O. The Morgan fingerprint density at radius 3 is 2.44 bits per heavy atom. The molecule has 0 bridgehead atoms. The van der Waals surface area contributed by atoms with Crippen LogP contribution in [0.15, 0.2) is 24.9 Å². The number of amides is 1. The lowest BCUT2D eigenvalue weighted by molar-refractivity contribution is -0.122. The molecule has 0 saturated carbocycles. The second kappa shape index (κ2) is 6.36. The summed E-state index contributed by atoms with van der Waals surface area (Å²) in [5, 5.41) is 2.91. The molecule has 1 amide bonds.